The Morgan fingerprint density at radius 1 is 1.00 bits per heavy atom. The van der Waals surface area contributed by atoms with Crippen LogP contribution in [0.4, 0.5) is 5.69 Å². The Morgan fingerprint density at radius 2 is 1.75 bits per heavy atom. The zero-order valence-electron chi connectivity index (χ0n) is 17.7. The molecule has 2 amide bonds. The van der Waals surface area contributed by atoms with Gasteiger partial charge < -0.3 is 10.6 Å². The average molecular weight is 447 g/mol. The van der Waals surface area contributed by atoms with Gasteiger partial charge in [-0.25, -0.2) is 9.50 Å². The first kappa shape index (κ1) is 21.5. The quantitative estimate of drug-likeness (QED) is 0.422. The Hall–Kier alpha value is -3.72. The van der Waals surface area contributed by atoms with Gasteiger partial charge in [0, 0.05) is 28.4 Å². The minimum absolute atomic E-state index is 0.118. The maximum Gasteiger partial charge on any atom is 0.253 e. The lowest BCUT2D eigenvalue weighted by Gasteiger charge is -2.10. The van der Waals surface area contributed by atoms with Gasteiger partial charge in [-0.15, -0.1) is 5.10 Å². The fourth-order valence-electron chi connectivity index (χ4n) is 3.20. The van der Waals surface area contributed by atoms with Gasteiger partial charge in [0.25, 0.3) is 11.7 Å². The summed E-state index contributed by atoms with van der Waals surface area (Å²) >= 11 is 1.43. The molecule has 0 saturated carbocycles. The second-order valence-electron chi connectivity index (χ2n) is 7.19. The van der Waals surface area contributed by atoms with Crippen LogP contribution in [0.25, 0.3) is 5.78 Å². The Balaban J connectivity index is 1.39. The number of anilines is 1. The zero-order chi connectivity index (χ0) is 22.5. The van der Waals surface area contributed by atoms with Gasteiger partial charge in [0.05, 0.1) is 6.54 Å². The zero-order valence-corrected chi connectivity index (χ0v) is 18.5. The highest BCUT2D eigenvalue weighted by Gasteiger charge is 2.14. The number of para-hydroxylation sites is 1. The number of amides is 2. The van der Waals surface area contributed by atoms with E-state index in [2.05, 4.69) is 25.7 Å². The van der Waals surface area contributed by atoms with Crippen molar-refractivity contribution >= 4 is 35.0 Å². The number of nitrogens with zero attached hydrogens (tertiary/aromatic N) is 4. The van der Waals surface area contributed by atoms with Crippen LogP contribution < -0.4 is 10.6 Å². The number of rotatable bonds is 7. The molecule has 0 spiro atoms. The van der Waals surface area contributed by atoms with Gasteiger partial charge in [-0.3, -0.25) is 9.59 Å². The minimum Gasteiger partial charge on any atom is -0.343 e. The molecule has 162 valence electrons. The van der Waals surface area contributed by atoms with Gasteiger partial charge in [-0.2, -0.15) is 4.98 Å². The first-order valence-corrected chi connectivity index (χ1v) is 11.0. The Bertz CT molecular complexity index is 1270. The molecule has 8 nitrogen and oxygen atoms in total. The van der Waals surface area contributed by atoms with Crippen LogP contribution in [0.2, 0.25) is 0 Å². The molecule has 0 radical (unpaired) electrons. The second kappa shape index (κ2) is 9.61. The van der Waals surface area contributed by atoms with Crippen molar-refractivity contribution in [2.24, 2.45) is 0 Å². The SMILES string of the molecule is Cc1cc(C)n2nc(SCc3ccccc3C(=O)NCC(=O)Nc3ccccc3)nc2n1. The maximum atomic E-state index is 12.7. The van der Waals surface area contributed by atoms with Gasteiger partial charge in [-0.1, -0.05) is 48.2 Å². The number of carbonyl (C=O) groups is 2. The number of thioether (sulfide) groups is 1. The summed E-state index contributed by atoms with van der Waals surface area (Å²) in [6.07, 6.45) is 0. The third-order valence-electron chi connectivity index (χ3n) is 4.68. The third-order valence-corrected chi connectivity index (χ3v) is 5.57. The lowest BCUT2D eigenvalue weighted by atomic mass is 10.1. The van der Waals surface area contributed by atoms with Crippen molar-refractivity contribution in [1.82, 2.24) is 24.9 Å². The molecule has 0 saturated heterocycles. The van der Waals surface area contributed by atoms with Crippen molar-refractivity contribution in [2.75, 3.05) is 11.9 Å². The third kappa shape index (κ3) is 5.12. The van der Waals surface area contributed by atoms with Crippen molar-refractivity contribution in [3.8, 4) is 0 Å². The summed E-state index contributed by atoms with van der Waals surface area (Å²) in [5.74, 6) is 0.471. The van der Waals surface area contributed by atoms with E-state index < -0.39 is 0 Å². The maximum absolute atomic E-state index is 12.7. The van der Waals surface area contributed by atoms with E-state index in [4.69, 9.17) is 0 Å². The van der Waals surface area contributed by atoms with Crippen LogP contribution in [0.3, 0.4) is 0 Å². The van der Waals surface area contributed by atoms with E-state index in [9.17, 15) is 9.59 Å². The summed E-state index contributed by atoms with van der Waals surface area (Å²) in [6.45, 7) is 3.76. The van der Waals surface area contributed by atoms with E-state index in [0.29, 0.717) is 27.9 Å². The molecule has 2 N–H and O–H groups in total. The summed E-state index contributed by atoms with van der Waals surface area (Å²) in [6, 6.07) is 18.4. The van der Waals surface area contributed by atoms with Gasteiger partial charge in [0.2, 0.25) is 11.1 Å². The molecule has 0 aliphatic carbocycles. The largest absolute Gasteiger partial charge is 0.343 e. The molecule has 0 aliphatic heterocycles. The van der Waals surface area contributed by atoms with Gasteiger partial charge >= 0.3 is 0 Å². The molecule has 4 aromatic rings. The van der Waals surface area contributed by atoms with Gasteiger partial charge in [-0.05, 0) is 43.7 Å². The monoisotopic (exact) mass is 446 g/mol. The van der Waals surface area contributed by atoms with E-state index >= 15 is 0 Å². The Morgan fingerprint density at radius 3 is 2.56 bits per heavy atom. The van der Waals surface area contributed by atoms with E-state index in [-0.39, 0.29) is 18.4 Å². The van der Waals surface area contributed by atoms with Gasteiger partial charge in [0.1, 0.15) is 0 Å². The summed E-state index contributed by atoms with van der Waals surface area (Å²) in [5, 5.41) is 10.5. The predicted octanol–water partition coefficient (Wildman–Crippen LogP) is 3.40. The summed E-state index contributed by atoms with van der Waals surface area (Å²) < 4.78 is 1.71. The van der Waals surface area contributed by atoms with E-state index in [1.807, 2.05) is 50.2 Å². The highest BCUT2D eigenvalue weighted by atomic mass is 32.2. The molecule has 2 heterocycles. The molecular formula is C23H22N6O2S. The fourth-order valence-corrected chi connectivity index (χ4v) is 4.02. The second-order valence-corrected chi connectivity index (χ2v) is 8.13. The first-order valence-electron chi connectivity index (χ1n) is 10.0. The van der Waals surface area contributed by atoms with Crippen LogP contribution >= 0.6 is 11.8 Å². The van der Waals surface area contributed by atoms with Crippen molar-refractivity contribution < 1.29 is 9.59 Å². The molecular weight excluding hydrogens is 424 g/mol. The summed E-state index contributed by atoms with van der Waals surface area (Å²) in [5.41, 5.74) is 3.88. The minimum atomic E-state index is -0.305. The molecule has 0 bridgehead atoms. The molecule has 9 heteroatoms. The lowest BCUT2D eigenvalue weighted by Crippen LogP contribution is -2.33. The fraction of sp³-hybridized carbons (Fsp3) is 0.174. The first-order chi connectivity index (χ1) is 15.5. The molecule has 0 fully saturated rings. The predicted molar refractivity (Wildman–Crippen MR) is 124 cm³/mol. The smallest absolute Gasteiger partial charge is 0.253 e. The lowest BCUT2D eigenvalue weighted by molar-refractivity contribution is -0.115. The highest BCUT2D eigenvalue weighted by molar-refractivity contribution is 7.98. The van der Waals surface area contributed by atoms with Crippen LogP contribution in [0.1, 0.15) is 27.3 Å². The van der Waals surface area contributed by atoms with Crippen molar-refractivity contribution in [2.45, 2.75) is 24.8 Å². The van der Waals surface area contributed by atoms with Crippen molar-refractivity contribution in [1.29, 1.82) is 0 Å². The molecule has 32 heavy (non-hydrogen) atoms. The average Bonchev–Trinajstić information content (AvgIpc) is 3.20. The number of carbonyl (C=O) groups excluding carboxylic acids is 2. The molecule has 0 aliphatic rings. The molecule has 2 aromatic heterocycles. The normalized spacial score (nSPS) is 10.8. The summed E-state index contributed by atoms with van der Waals surface area (Å²) in [4.78, 5) is 33.7. The van der Waals surface area contributed by atoms with Crippen molar-refractivity contribution in [3.05, 3.63) is 83.2 Å². The van der Waals surface area contributed by atoms with Crippen LogP contribution in [0.5, 0.6) is 0 Å². The molecule has 2 aromatic carbocycles. The Labute approximate surface area is 189 Å². The number of aromatic nitrogens is 4. The standard InChI is InChI=1S/C23H22N6O2S/c1-15-12-16(2)29-22(25-15)27-23(28-29)32-14-17-8-6-7-11-19(17)21(31)24-13-20(30)26-18-9-4-3-5-10-18/h3-12H,13-14H2,1-2H3,(H,24,31)(H,26,30). The summed E-state index contributed by atoms with van der Waals surface area (Å²) in [7, 11) is 0. The number of benzene rings is 2. The van der Waals surface area contributed by atoms with Crippen LogP contribution in [0, 0.1) is 13.8 Å². The number of hydrogen-bond donors (Lipinski definition) is 2. The topological polar surface area (TPSA) is 101 Å². The van der Waals surface area contributed by atoms with Crippen LogP contribution in [-0.2, 0) is 10.5 Å². The van der Waals surface area contributed by atoms with E-state index in [1.165, 1.54) is 11.8 Å². The molecule has 4 rings (SSSR count). The van der Waals surface area contributed by atoms with Crippen LogP contribution in [0.15, 0.2) is 65.8 Å². The van der Waals surface area contributed by atoms with Crippen molar-refractivity contribution in [3.63, 3.8) is 0 Å². The molecule has 0 atom stereocenters. The van der Waals surface area contributed by atoms with Gasteiger partial charge in [0.15, 0.2) is 0 Å². The number of nitrogens with one attached hydrogen (secondary N) is 2. The van der Waals surface area contributed by atoms with E-state index in [1.54, 1.807) is 28.8 Å². The Kier molecular flexibility index (Phi) is 6.46. The molecule has 0 unspecified atom stereocenters. The van der Waals surface area contributed by atoms with E-state index in [0.717, 1.165) is 17.0 Å². The number of fused-ring (bicyclic) bond motifs is 1. The van der Waals surface area contributed by atoms with Crippen LogP contribution in [-0.4, -0.2) is 37.9 Å². The number of hydrogen-bond acceptors (Lipinski definition) is 6. The highest BCUT2D eigenvalue weighted by Crippen LogP contribution is 2.22. The number of aryl methyl sites for hydroxylation is 2.